The summed E-state index contributed by atoms with van der Waals surface area (Å²) in [6.07, 6.45) is 9.37. The minimum atomic E-state index is -0.0294. The quantitative estimate of drug-likeness (QED) is 0.677. The van der Waals surface area contributed by atoms with Gasteiger partial charge in [0.05, 0.1) is 6.61 Å². The Bertz CT molecular complexity index is 326. The van der Waals surface area contributed by atoms with Gasteiger partial charge in [-0.25, -0.2) is 4.98 Å². The van der Waals surface area contributed by atoms with E-state index >= 15 is 0 Å². The van der Waals surface area contributed by atoms with E-state index in [2.05, 4.69) is 11.9 Å². The van der Waals surface area contributed by atoms with Crippen LogP contribution in [0, 0.1) is 0 Å². The van der Waals surface area contributed by atoms with Crippen molar-refractivity contribution in [2.75, 3.05) is 6.61 Å². The molecule has 0 radical (unpaired) electrons. The third-order valence-corrected chi connectivity index (χ3v) is 3.03. The highest BCUT2D eigenvalue weighted by atomic mass is 16.5. The first-order valence-electron chi connectivity index (χ1n) is 7.09. The molecule has 3 nitrogen and oxygen atoms in total. The second-order valence-electron chi connectivity index (χ2n) is 4.80. The number of unbranched alkanes of at least 4 members (excludes halogenated alkanes) is 5. The monoisotopic (exact) mass is 250 g/mol. The first-order valence-corrected chi connectivity index (χ1v) is 7.09. The molecule has 1 aromatic rings. The maximum absolute atomic E-state index is 5.88. The topological polar surface area (TPSA) is 48.1 Å². The fraction of sp³-hybridized carbons (Fsp3) is 0.667. The van der Waals surface area contributed by atoms with E-state index in [4.69, 9.17) is 10.5 Å². The Labute approximate surface area is 111 Å². The SMILES string of the molecule is CCCCCCCCOc1ncccc1[C@H](C)N. The Morgan fingerprint density at radius 3 is 2.67 bits per heavy atom. The van der Waals surface area contributed by atoms with Gasteiger partial charge in [-0.1, -0.05) is 45.1 Å². The van der Waals surface area contributed by atoms with E-state index in [-0.39, 0.29) is 6.04 Å². The molecule has 1 atom stereocenters. The van der Waals surface area contributed by atoms with Gasteiger partial charge in [0.1, 0.15) is 0 Å². The number of aromatic nitrogens is 1. The van der Waals surface area contributed by atoms with Crippen LogP contribution in [-0.2, 0) is 0 Å². The second kappa shape index (κ2) is 8.92. The Morgan fingerprint density at radius 2 is 1.94 bits per heavy atom. The zero-order chi connectivity index (χ0) is 13.2. The Morgan fingerprint density at radius 1 is 1.22 bits per heavy atom. The molecule has 102 valence electrons. The standard InChI is InChI=1S/C15H26N2O/c1-3-4-5-6-7-8-12-18-15-14(13(2)16)10-9-11-17-15/h9-11,13H,3-8,12,16H2,1-2H3/t13-/m0/s1. The molecule has 1 rings (SSSR count). The predicted molar refractivity (Wildman–Crippen MR) is 75.7 cm³/mol. The van der Waals surface area contributed by atoms with Gasteiger partial charge in [-0.3, -0.25) is 0 Å². The van der Waals surface area contributed by atoms with Gasteiger partial charge < -0.3 is 10.5 Å². The third-order valence-electron chi connectivity index (χ3n) is 3.03. The minimum absolute atomic E-state index is 0.0294. The lowest BCUT2D eigenvalue weighted by molar-refractivity contribution is 0.288. The van der Waals surface area contributed by atoms with Crippen molar-refractivity contribution in [1.82, 2.24) is 4.98 Å². The molecule has 3 heteroatoms. The van der Waals surface area contributed by atoms with E-state index in [9.17, 15) is 0 Å². The van der Waals surface area contributed by atoms with Crippen LogP contribution in [0.2, 0.25) is 0 Å². The molecule has 18 heavy (non-hydrogen) atoms. The Hall–Kier alpha value is -1.09. The van der Waals surface area contributed by atoms with Crippen molar-refractivity contribution in [2.45, 2.75) is 58.4 Å². The average Bonchev–Trinajstić information content (AvgIpc) is 2.38. The average molecular weight is 250 g/mol. The Kier molecular flexibility index (Phi) is 7.42. The van der Waals surface area contributed by atoms with Crippen molar-refractivity contribution in [1.29, 1.82) is 0 Å². The number of hydrogen-bond acceptors (Lipinski definition) is 3. The molecule has 0 saturated carbocycles. The van der Waals surface area contributed by atoms with Crippen molar-refractivity contribution in [3.63, 3.8) is 0 Å². The van der Waals surface area contributed by atoms with Crippen LogP contribution in [0.15, 0.2) is 18.3 Å². The normalized spacial score (nSPS) is 12.4. The summed E-state index contributed by atoms with van der Waals surface area (Å²) in [5.74, 6) is 0.695. The summed E-state index contributed by atoms with van der Waals surface area (Å²) in [7, 11) is 0. The zero-order valence-corrected chi connectivity index (χ0v) is 11.7. The van der Waals surface area contributed by atoms with Crippen molar-refractivity contribution < 1.29 is 4.74 Å². The highest BCUT2D eigenvalue weighted by Crippen LogP contribution is 2.20. The zero-order valence-electron chi connectivity index (χ0n) is 11.7. The van der Waals surface area contributed by atoms with Crippen LogP contribution in [0.1, 0.15) is 64.0 Å². The van der Waals surface area contributed by atoms with Gasteiger partial charge in [-0.05, 0) is 19.4 Å². The highest BCUT2D eigenvalue weighted by Gasteiger charge is 2.08. The largest absolute Gasteiger partial charge is 0.477 e. The van der Waals surface area contributed by atoms with Crippen molar-refractivity contribution in [2.24, 2.45) is 5.73 Å². The van der Waals surface area contributed by atoms with Crippen LogP contribution in [0.25, 0.3) is 0 Å². The number of ether oxygens (including phenoxy) is 1. The molecule has 1 aromatic heterocycles. The lowest BCUT2D eigenvalue weighted by atomic mass is 10.1. The van der Waals surface area contributed by atoms with Gasteiger partial charge in [0.25, 0.3) is 0 Å². The summed E-state index contributed by atoms with van der Waals surface area (Å²) in [5, 5.41) is 0. The van der Waals surface area contributed by atoms with Gasteiger partial charge >= 0.3 is 0 Å². The summed E-state index contributed by atoms with van der Waals surface area (Å²) in [5.41, 5.74) is 6.87. The van der Waals surface area contributed by atoms with Gasteiger partial charge in [0.2, 0.25) is 5.88 Å². The predicted octanol–water partition coefficient (Wildman–Crippen LogP) is 3.84. The van der Waals surface area contributed by atoms with E-state index in [1.54, 1.807) is 6.20 Å². The molecule has 0 amide bonds. The molecule has 0 saturated heterocycles. The molecular formula is C15H26N2O. The Balaban J connectivity index is 2.23. The van der Waals surface area contributed by atoms with Crippen LogP contribution in [0.4, 0.5) is 0 Å². The molecule has 0 aliphatic heterocycles. The molecule has 2 N–H and O–H groups in total. The number of hydrogen-bond donors (Lipinski definition) is 1. The van der Waals surface area contributed by atoms with Crippen molar-refractivity contribution >= 4 is 0 Å². The fourth-order valence-corrected chi connectivity index (χ4v) is 1.92. The molecule has 0 spiro atoms. The van der Waals surface area contributed by atoms with Gasteiger partial charge in [0.15, 0.2) is 0 Å². The van der Waals surface area contributed by atoms with E-state index in [0.29, 0.717) is 5.88 Å². The lowest BCUT2D eigenvalue weighted by Gasteiger charge is -2.12. The molecule has 0 aliphatic rings. The number of nitrogens with zero attached hydrogens (tertiary/aromatic N) is 1. The molecule has 0 unspecified atom stereocenters. The first kappa shape index (κ1) is 15.0. The van der Waals surface area contributed by atoms with E-state index < -0.39 is 0 Å². The minimum Gasteiger partial charge on any atom is -0.477 e. The maximum atomic E-state index is 5.88. The van der Waals surface area contributed by atoms with Crippen molar-refractivity contribution in [3.05, 3.63) is 23.9 Å². The highest BCUT2D eigenvalue weighted by molar-refractivity contribution is 5.27. The van der Waals surface area contributed by atoms with E-state index in [1.165, 1.54) is 32.1 Å². The van der Waals surface area contributed by atoms with Crippen LogP contribution in [0.5, 0.6) is 5.88 Å². The van der Waals surface area contributed by atoms with Gasteiger partial charge in [0, 0.05) is 17.8 Å². The van der Waals surface area contributed by atoms with Crippen LogP contribution in [0.3, 0.4) is 0 Å². The summed E-state index contributed by atoms with van der Waals surface area (Å²) < 4.78 is 5.71. The van der Waals surface area contributed by atoms with Crippen molar-refractivity contribution in [3.8, 4) is 5.88 Å². The second-order valence-corrected chi connectivity index (χ2v) is 4.80. The molecular weight excluding hydrogens is 224 g/mol. The van der Waals surface area contributed by atoms with Crippen LogP contribution in [-0.4, -0.2) is 11.6 Å². The fourth-order valence-electron chi connectivity index (χ4n) is 1.92. The lowest BCUT2D eigenvalue weighted by Crippen LogP contribution is -2.09. The number of nitrogens with two attached hydrogens (primary N) is 1. The third kappa shape index (κ3) is 5.50. The summed E-state index contributed by atoms with van der Waals surface area (Å²) >= 11 is 0. The first-order chi connectivity index (χ1) is 8.75. The number of rotatable bonds is 9. The number of pyridine rings is 1. The molecule has 0 fully saturated rings. The van der Waals surface area contributed by atoms with Crippen LogP contribution < -0.4 is 10.5 Å². The van der Waals surface area contributed by atoms with Gasteiger partial charge in [-0.2, -0.15) is 0 Å². The maximum Gasteiger partial charge on any atom is 0.218 e. The van der Waals surface area contributed by atoms with Gasteiger partial charge in [-0.15, -0.1) is 0 Å². The smallest absolute Gasteiger partial charge is 0.218 e. The molecule has 1 heterocycles. The summed E-state index contributed by atoms with van der Waals surface area (Å²) in [4.78, 5) is 4.24. The summed E-state index contributed by atoms with van der Waals surface area (Å²) in [6.45, 7) is 4.93. The molecule has 0 aliphatic carbocycles. The summed E-state index contributed by atoms with van der Waals surface area (Å²) in [6, 6.07) is 3.85. The molecule has 0 bridgehead atoms. The molecule has 0 aromatic carbocycles. The van der Waals surface area contributed by atoms with Crippen LogP contribution >= 0.6 is 0 Å². The van der Waals surface area contributed by atoms with E-state index in [1.807, 2.05) is 19.1 Å². The van der Waals surface area contributed by atoms with E-state index in [0.717, 1.165) is 18.6 Å².